The molecule has 0 aromatic heterocycles. The van der Waals surface area contributed by atoms with E-state index in [1.54, 1.807) is 0 Å². The predicted octanol–water partition coefficient (Wildman–Crippen LogP) is 1.94. The number of hydrogen-bond donors (Lipinski definition) is 8. The lowest BCUT2D eigenvalue weighted by Crippen LogP contribution is -2.66. The van der Waals surface area contributed by atoms with Gasteiger partial charge in [-0.15, -0.1) is 0 Å². The number of allylic oxidation sites excluding steroid dienone is 2. The Kier molecular flexibility index (Phi) is 11.2. The van der Waals surface area contributed by atoms with Crippen LogP contribution in [0.15, 0.2) is 24.3 Å². The van der Waals surface area contributed by atoms with Crippen molar-refractivity contribution >= 4 is 0 Å². The summed E-state index contributed by atoms with van der Waals surface area (Å²) in [6.07, 6.45) is 2.30. The smallest absolute Gasteiger partial charge is 0.187 e. The second-order valence-electron chi connectivity index (χ2n) is 19.8. The first-order chi connectivity index (χ1) is 25.7. The molecule has 2 bridgehead atoms. The molecule has 7 rings (SSSR count). The standard InChI is InChI=1S/C42H68O13/c1-22(9-8-14-37(2,3)55-36-34(50)32(48)30(46)25(20-44)53-36)23-12-15-40(7)26-13-16-42-27(41(26,21-51-42)18-17-39(23,40)6)10-11-28(38(42,4)5)54-35-33(49)31(47)29(45)24(19-43)52-35/h8,13-14,16,22-36,43-50H,9-12,15,17-21H2,1-7H3. The molecular weight excluding hydrogens is 712 g/mol. The van der Waals surface area contributed by atoms with Crippen LogP contribution in [-0.4, -0.2) is 139 Å². The molecule has 314 valence electrons. The van der Waals surface area contributed by atoms with Crippen LogP contribution in [0, 0.1) is 45.3 Å². The molecule has 3 saturated heterocycles. The summed E-state index contributed by atoms with van der Waals surface area (Å²) in [5.41, 5.74) is -1.72. The van der Waals surface area contributed by atoms with Gasteiger partial charge < -0.3 is 64.5 Å². The lowest BCUT2D eigenvalue weighted by Gasteiger charge is -2.65. The molecular formula is C42H68O13. The molecule has 8 N–H and O–H groups in total. The van der Waals surface area contributed by atoms with E-state index < -0.39 is 91.2 Å². The minimum atomic E-state index is -1.49. The number of fused-ring (bicyclic) bond motifs is 2. The number of aliphatic hydroxyl groups excluding tert-OH is 8. The van der Waals surface area contributed by atoms with Gasteiger partial charge in [0.05, 0.1) is 37.1 Å². The zero-order valence-electron chi connectivity index (χ0n) is 33.7. The highest BCUT2D eigenvalue weighted by molar-refractivity contribution is 5.33. The summed E-state index contributed by atoms with van der Waals surface area (Å²) in [5.74, 6) is 1.57. The highest BCUT2D eigenvalue weighted by atomic mass is 16.7. The quantitative estimate of drug-likeness (QED) is 0.150. The lowest BCUT2D eigenvalue weighted by atomic mass is 9.38. The SMILES string of the molecule is CC(CC=CC(C)(C)OC1OC(CO)C(O)C(O)C1O)C1CCC2(C)C3C=CC45OCC3(CCC12C)C4CCC(OC1OC(CO)C(O)C(O)C1O)C5(C)C. The summed E-state index contributed by atoms with van der Waals surface area (Å²) in [7, 11) is 0. The van der Waals surface area contributed by atoms with E-state index in [4.69, 9.17) is 23.7 Å². The number of rotatable bonds is 10. The molecule has 19 atom stereocenters. The van der Waals surface area contributed by atoms with Crippen LogP contribution in [-0.2, 0) is 23.7 Å². The molecule has 13 heteroatoms. The Bertz CT molecular complexity index is 1450. The van der Waals surface area contributed by atoms with Gasteiger partial charge in [0, 0.05) is 16.7 Å². The first kappa shape index (κ1) is 42.1. The molecule has 1 spiro atoms. The van der Waals surface area contributed by atoms with E-state index >= 15 is 0 Å². The zero-order valence-corrected chi connectivity index (χ0v) is 33.7. The fourth-order valence-corrected chi connectivity index (χ4v) is 13.0. The fourth-order valence-electron chi connectivity index (χ4n) is 13.0. The number of hydrogen-bond acceptors (Lipinski definition) is 13. The van der Waals surface area contributed by atoms with Crippen LogP contribution in [0.3, 0.4) is 0 Å². The van der Waals surface area contributed by atoms with E-state index in [-0.39, 0.29) is 22.3 Å². The van der Waals surface area contributed by atoms with E-state index in [1.807, 2.05) is 19.9 Å². The Balaban J connectivity index is 1.04. The highest BCUT2D eigenvalue weighted by Gasteiger charge is 2.75. The molecule has 7 aliphatic rings. The summed E-state index contributed by atoms with van der Waals surface area (Å²) in [5, 5.41) is 81.8. The van der Waals surface area contributed by atoms with E-state index in [9.17, 15) is 40.9 Å². The van der Waals surface area contributed by atoms with Gasteiger partial charge in [-0.1, -0.05) is 58.9 Å². The van der Waals surface area contributed by atoms with Crippen LogP contribution in [0.4, 0.5) is 0 Å². The molecule has 6 fully saturated rings. The molecule has 0 aromatic carbocycles. The van der Waals surface area contributed by atoms with Crippen LogP contribution in [0.1, 0.15) is 93.4 Å². The molecule has 19 unspecified atom stereocenters. The second-order valence-corrected chi connectivity index (χ2v) is 19.8. The number of aliphatic hydroxyl groups is 8. The van der Waals surface area contributed by atoms with Gasteiger partial charge in [0.25, 0.3) is 0 Å². The van der Waals surface area contributed by atoms with Crippen LogP contribution in [0.2, 0.25) is 0 Å². The summed E-state index contributed by atoms with van der Waals surface area (Å²) < 4.78 is 31.0. The van der Waals surface area contributed by atoms with E-state index in [0.29, 0.717) is 30.3 Å². The third kappa shape index (κ3) is 6.28. The third-order valence-corrected chi connectivity index (χ3v) is 16.5. The zero-order chi connectivity index (χ0) is 40.1. The lowest BCUT2D eigenvalue weighted by molar-refractivity contribution is -0.329. The molecule has 3 saturated carbocycles. The molecule has 3 aliphatic heterocycles. The van der Waals surface area contributed by atoms with Gasteiger partial charge in [0.15, 0.2) is 12.6 Å². The summed E-state index contributed by atoms with van der Waals surface area (Å²) in [6.45, 7) is 15.1. The van der Waals surface area contributed by atoms with Crippen molar-refractivity contribution in [3.63, 3.8) is 0 Å². The number of ether oxygens (including phenoxy) is 5. The molecule has 0 amide bonds. The molecule has 0 aromatic rings. The maximum absolute atomic E-state index is 10.8. The Morgan fingerprint density at radius 2 is 1.40 bits per heavy atom. The maximum atomic E-state index is 10.8. The van der Waals surface area contributed by atoms with Crippen LogP contribution >= 0.6 is 0 Å². The minimum Gasteiger partial charge on any atom is -0.394 e. The van der Waals surface area contributed by atoms with Gasteiger partial charge in [-0.25, -0.2) is 0 Å². The first-order valence-electron chi connectivity index (χ1n) is 20.7. The van der Waals surface area contributed by atoms with Gasteiger partial charge in [0.2, 0.25) is 0 Å². The Labute approximate surface area is 325 Å². The normalized spacial score (nSPS) is 52.5. The van der Waals surface area contributed by atoms with Crippen LogP contribution in [0.25, 0.3) is 0 Å². The summed E-state index contributed by atoms with van der Waals surface area (Å²) in [6, 6.07) is 0. The minimum absolute atomic E-state index is 0.00179. The summed E-state index contributed by atoms with van der Waals surface area (Å²) in [4.78, 5) is 0. The first-order valence-corrected chi connectivity index (χ1v) is 20.7. The fraction of sp³-hybridized carbons (Fsp3) is 0.905. The van der Waals surface area contributed by atoms with Crippen LogP contribution in [0.5, 0.6) is 0 Å². The average molecular weight is 781 g/mol. The molecule has 55 heavy (non-hydrogen) atoms. The van der Waals surface area contributed by atoms with Gasteiger partial charge in [-0.3, -0.25) is 0 Å². The van der Waals surface area contributed by atoms with Crippen molar-refractivity contribution < 1.29 is 64.5 Å². The van der Waals surface area contributed by atoms with E-state index in [2.05, 4.69) is 52.8 Å². The molecule has 0 radical (unpaired) electrons. The second kappa shape index (κ2) is 14.6. The Morgan fingerprint density at radius 1 is 0.782 bits per heavy atom. The van der Waals surface area contributed by atoms with Crippen molar-refractivity contribution in [1.82, 2.24) is 0 Å². The Hall–Kier alpha value is -1.04. The third-order valence-electron chi connectivity index (χ3n) is 16.5. The van der Waals surface area contributed by atoms with Gasteiger partial charge in [0.1, 0.15) is 48.8 Å². The monoisotopic (exact) mass is 780 g/mol. The molecule has 4 aliphatic carbocycles. The maximum Gasteiger partial charge on any atom is 0.187 e. The highest BCUT2D eigenvalue weighted by Crippen LogP contribution is 2.77. The van der Waals surface area contributed by atoms with Crippen molar-refractivity contribution in [1.29, 1.82) is 0 Å². The topological polar surface area (TPSA) is 208 Å². The van der Waals surface area contributed by atoms with Crippen molar-refractivity contribution in [3.8, 4) is 0 Å². The van der Waals surface area contributed by atoms with Gasteiger partial charge in [-0.05, 0) is 87.4 Å². The Morgan fingerprint density at radius 3 is 2.04 bits per heavy atom. The van der Waals surface area contributed by atoms with Crippen LogP contribution < -0.4 is 0 Å². The summed E-state index contributed by atoms with van der Waals surface area (Å²) >= 11 is 0. The average Bonchev–Trinajstić information content (AvgIpc) is 3.54. The van der Waals surface area contributed by atoms with Gasteiger partial charge >= 0.3 is 0 Å². The van der Waals surface area contributed by atoms with Gasteiger partial charge in [-0.2, -0.15) is 0 Å². The van der Waals surface area contributed by atoms with E-state index in [0.717, 1.165) is 44.9 Å². The largest absolute Gasteiger partial charge is 0.394 e. The van der Waals surface area contributed by atoms with Crippen molar-refractivity contribution in [2.75, 3.05) is 19.8 Å². The van der Waals surface area contributed by atoms with Crippen molar-refractivity contribution in [3.05, 3.63) is 24.3 Å². The molecule has 3 heterocycles. The molecule has 13 nitrogen and oxygen atoms in total. The predicted molar refractivity (Wildman–Crippen MR) is 199 cm³/mol. The van der Waals surface area contributed by atoms with Crippen molar-refractivity contribution in [2.24, 2.45) is 45.3 Å². The van der Waals surface area contributed by atoms with Crippen molar-refractivity contribution in [2.45, 2.75) is 172 Å². The van der Waals surface area contributed by atoms with E-state index in [1.165, 1.54) is 0 Å².